The number of carbonyl (C=O) groups excluding carboxylic acids is 1. The first-order chi connectivity index (χ1) is 9.69. The molecule has 0 fully saturated rings. The summed E-state index contributed by atoms with van der Waals surface area (Å²) in [7, 11) is 1.33. The number of anilines is 2. The van der Waals surface area contributed by atoms with Crippen LogP contribution < -0.4 is 10.6 Å². The predicted octanol–water partition coefficient (Wildman–Crippen LogP) is 2.83. The van der Waals surface area contributed by atoms with Gasteiger partial charge in [0.25, 0.3) is 0 Å². The number of hydrogen-bond donors (Lipinski definition) is 2. The first kappa shape index (κ1) is 13.8. The fraction of sp³-hybridized carbons (Fsp3) is 0.214. The van der Waals surface area contributed by atoms with Gasteiger partial charge in [0.2, 0.25) is 0 Å². The quantitative estimate of drug-likeness (QED) is 0.895. The van der Waals surface area contributed by atoms with Crippen molar-refractivity contribution in [1.82, 2.24) is 9.97 Å². The molecule has 0 aliphatic heterocycles. The number of rotatable bonds is 4. The molecule has 104 valence electrons. The summed E-state index contributed by atoms with van der Waals surface area (Å²) in [6, 6.07) is 7.38. The van der Waals surface area contributed by atoms with E-state index in [0.717, 1.165) is 11.4 Å². The van der Waals surface area contributed by atoms with Crippen LogP contribution in [0, 0.1) is 0 Å². The zero-order valence-corrected chi connectivity index (χ0v) is 11.3. The number of nitrogens with one attached hydrogen (secondary N) is 2. The second kappa shape index (κ2) is 6.51. The van der Waals surface area contributed by atoms with Crippen molar-refractivity contribution in [1.29, 1.82) is 0 Å². The minimum absolute atomic E-state index is 0.0446. The van der Waals surface area contributed by atoms with Crippen LogP contribution >= 0.6 is 0 Å². The van der Waals surface area contributed by atoms with E-state index in [2.05, 4.69) is 25.3 Å². The lowest BCUT2D eigenvalue weighted by Gasteiger charge is -2.14. The van der Waals surface area contributed by atoms with E-state index >= 15 is 0 Å². The molecule has 20 heavy (non-hydrogen) atoms. The normalized spacial score (nSPS) is 11.5. The summed E-state index contributed by atoms with van der Waals surface area (Å²) in [6.07, 6.45) is 4.55. The summed E-state index contributed by atoms with van der Waals surface area (Å²) in [5, 5.41) is 5.90. The van der Waals surface area contributed by atoms with Gasteiger partial charge in [-0.3, -0.25) is 15.3 Å². The van der Waals surface area contributed by atoms with Crippen molar-refractivity contribution < 1.29 is 9.53 Å². The third kappa shape index (κ3) is 3.68. The second-order valence-corrected chi connectivity index (χ2v) is 4.19. The van der Waals surface area contributed by atoms with Gasteiger partial charge in [-0.1, -0.05) is 0 Å². The Hall–Kier alpha value is -2.63. The molecule has 6 nitrogen and oxygen atoms in total. The Kier molecular flexibility index (Phi) is 4.49. The summed E-state index contributed by atoms with van der Waals surface area (Å²) >= 11 is 0. The largest absolute Gasteiger partial charge is 0.453 e. The van der Waals surface area contributed by atoms with Crippen molar-refractivity contribution in [3.8, 4) is 0 Å². The zero-order chi connectivity index (χ0) is 14.4. The molecule has 0 saturated carbocycles. The molecule has 6 heteroatoms. The second-order valence-electron chi connectivity index (χ2n) is 4.19. The van der Waals surface area contributed by atoms with Gasteiger partial charge in [0.05, 0.1) is 25.0 Å². The maximum absolute atomic E-state index is 11.1. The molecule has 2 N–H and O–H groups in total. The molecule has 1 atom stereocenters. The summed E-state index contributed by atoms with van der Waals surface area (Å²) in [4.78, 5) is 19.3. The van der Waals surface area contributed by atoms with Crippen LogP contribution in [-0.2, 0) is 4.74 Å². The number of nitrogens with zero attached hydrogens (tertiary/aromatic N) is 2. The van der Waals surface area contributed by atoms with Crippen molar-refractivity contribution in [2.45, 2.75) is 13.0 Å². The van der Waals surface area contributed by atoms with Gasteiger partial charge in [-0.25, -0.2) is 4.79 Å². The van der Waals surface area contributed by atoms with Crippen molar-refractivity contribution in [2.24, 2.45) is 0 Å². The Labute approximate surface area is 117 Å². The van der Waals surface area contributed by atoms with Crippen LogP contribution in [0.25, 0.3) is 0 Å². The Balaban J connectivity index is 1.98. The van der Waals surface area contributed by atoms with E-state index in [9.17, 15) is 4.79 Å². The average Bonchev–Trinajstić information content (AvgIpc) is 2.50. The highest BCUT2D eigenvalue weighted by Gasteiger charge is 2.06. The number of aromatic nitrogens is 2. The van der Waals surface area contributed by atoms with Gasteiger partial charge in [0.1, 0.15) is 0 Å². The standard InChI is InChI=1S/C14H16N4O2/c1-10(13-9-15-7-8-16-13)17-11-3-5-12(6-4-11)18-14(19)20-2/h3-10,17H,1-2H3,(H,18,19). The average molecular weight is 272 g/mol. The SMILES string of the molecule is COC(=O)Nc1ccc(NC(C)c2cnccn2)cc1. The molecule has 2 rings (SSSR count). The molecular weight excluding hydrogens is 256 g/mol. The van der Waals surface area contributed by atoms with E-state index in [0.29, 0.717) is 5.69 Å². The lowest BCUT2D eigenvalue weighted by Crippen LogP contribution is -2.11. The molecule has 0 aliphatic rings. The minimum atomic E-state index is -0.487. The molecule has 2 aromatic rings. The van der Waals surface area contributed by atoms with Gasteiger partial charge in [-0.2, -0.15) is 0 Å². The maximum Gasteiger partial charge on any atom is 0.411 e. The van der Waals surface area contributed by atoms with Crippen LogP contribution in [0.3, 0.4) is 0 Å². The highest BCUT2D eigenvalue weighted by molar-refractivity contribution is 5.84. The molecule has 0 aliphatic carbocycles. The molecule has 1 unspecified atom stereocenters. The molecule has 0 radical (unpaired) electrons. The van der Waals surface area contributed by atoms with Crippen LogP contribution in [0.2, 0.25) is 0 Å². The number of carbonyl (C=O) groups is 1. The molecule has 1 aromatic heterocycles. The number of amides is 1. The predicted molar refractivity (Wildman–Crippen MR) is 76.5 cm³/mol. The fourth-order valence-electron chi connectivity index (χ4n) is 1.68. The van der Waals surface area contributed by atoms with Crippen LogP contribution in [-0.4, -0.2) is 23.2 Å². The van der Waals surface area contributed by atoms with E-state index in [1.165, 1.54) is 7.11 Å². The Bertz CT molecular complexity index is 557. The van der Waals surface area contributed by atoms with Gasteiger partial charge in [-0.15, -0.1) is 0 Å². The van der Waals surface area contributed by atoms with Gasteiger partial charge in [-0.05, 0) is 31.2 Å². The topological polar surface area (TPSA) is 76.1 Å². The van der Waals surface area contributed by atoms with E-state index in [1.807, 2.05) is 19.1 Å². The maximum atomic E-state index is 11.1. The molecule has 0 spiro atoms. The van der Waals surface area contributed by atoms with Crippen LogP contribution in [0.5, 0.6) is 0 Å². The highest BCUT2D eigenvalue weighted by atomic mass is 16.5. The summed E-state index contributed by atoms with van der Waals surface area (Å²) in [5.41, 5.74) is 2.47. The van der Waals surface area contributed by atoms with Crippen molar-refractivity contribution >= 4 is 17.5 Å². The molecular formula is C14H16N4O2. The smallest absolute Gasteiger partial charge is 0.411 e. The molecule has 0 bridgehead atoms. The van der Waals surface area contributed by atoms with Crippen molar-refractivity contribution in [2.75, 3.05) is 17.7 Å². The van der Waals surface area contributed by atoms with Crippen molar-refractivity contribution in [3.63, 3.8) is 0 Å². The summed E-state index contributed by atoms with van der Waals surface area (Å²) in [6.45, 7) is 2.00. The van der Waals surface area contributed by atoms with E-state index in [1.54, 1.807) is 30.7 Å². The first-order valence-electron chi connectivity index (χ1n) is 6.16. The van der Waals surface area contributed by atoms with Crippen LogP contribution in [0.1, 0.15) is 18.7 Å². The Morgan fingerprint density at radius 2 is 1.90 bits per heavy atom. The first-order valence-corrected chi connectivity index (χ1v) is 6.16. The van der Waals surface area contributed by atoms with Gasteiger partial charge in [0.15, 0.2) is 0 Å². The molecule has 1 heterocycles. The number of hydrogen-bond acceptors (Lipinski definition) is 5. The molecule has 1 amide bonds. The number of benzene rings is 1. The zero-order valence-electron chi connectivity index (χ0n) is 11.3. The lowest BCUT2D eigenvalue weighted by molar-refractivity contribution is 0.187. The fourth-order valence-corrected chi connectivity index (χ4v) is 1.68. The van der Waals surface area contributed by atoms with Crippen LogP contribution in [0.4, 0.5) is 16.2 Å². The number of methoxy groups -OCH3 is 1. The Morgan fingerprint density at radius 1 is 1.20 bits per heavy atom. The highest BCUT2D eigenvalue weighted by Crippen LogP contribution is 2.19. The van der Waals surface area contributed by atoms with E-state index in [-0.39, 0.29) is 6.04 Å². The van der Waals surface area contributed by atoms with E-state index in [4.69, 9.17) is 0 Å². The van der Waals surface area contributed by atoms with Crippen molar-refractivity contribution in [3.05, 3.63) is 48.5 Å². The number of ether oxygens (including phenoxy) is 1. The summed E-state index contributed by atoms with van der Waals surface area (Å²) in [5.74, 6) is 0. The van der Waals surface area contributed by atoms with Gasteiger partial charge >= 0.3 is 6.09 Å². The molecule has 1 aromatic carbocycles. The van der Waals surface area contributed by atoms with Crippen LogP contribution in [0.15, 0.2) is 42.9 Å². The minimum Gasteiger partial charge on any atom is -0.453 e. The third-order valence-corrected chi connectivity index (χ3v) is 2.73. The molecule has 0 saturated heterocycles. The van der Waals surface area contributed by atoms with Gasteiger partial charge in [0, 0.05) is 23.8 Å². The lowest BCUT2D eigenvalue weighted by atomic mass is 10.2. The van der Waals surface area contributed by atoms with Gasteiger partial charge < -0.3 is 10.1 Å². The van der Waals surface area contributed by atoms with E-state index < -0.39 is 6.09 Å². The summed E-state index contributed by atoms with van der Waals surface area (Å²) < 4.78 is 4.53. The monoisotopic (exact) mass is 272 g/mol. The third-order valence-electron chi connectivity index (χ3n) is 2.73. The Morgan fingerprint density at radius 3 is 2.50 bits per heavy atom.